The van der Waals surface area contributed by atoms with Gasteiger partial charge < -0.3 is 15.4 Å². The Morgan fingerprint density at radius 3 is 2.81 bits per heavy atom. The lowest BCUT2D eigenvalue weighted by molar-refractivity contribution is -0.0500. The summed E-state index contributed by atoms with van der Waals surface area (Å²) in [7, 11) is 0. The smallest absolute Gasteiger partial charge is 0.387 e. The van der Waals surface area contributed by atoms with Gasteiger partial charge in [-0.1, -0.05) is 0 Å². The molecule has 1 atom stereocenters. The molecule has 0 radical (unpaired) electrons. The molecule has 0 aliphatic carbocycles. The molecule has 0 amide bonds. The number of pyridine rings is 1. The van der Waals surface area contributed by atoms with E-state index in [-0.39, 0.29) is 11.8 Å². The Morgan fingerprint density at radius 1 is 1.50 bits per heavy atom. The third-order valence-corrected chi connectivity index (χ3v) is 2.49. The lowest BCUT2D eigenvalue weighted by Crippen LogP contribution is -2.26. The van der Waals surface area contributed by atoms with Crippen molar-refractivity contribution in [3.63, 3.8) is 0 Å². The number of anilines is 1. The van der Waals surface area contributed by atoms with Gasteiger partial charge in [-0.25, -0.2) is 4.98 Å². The predicted molar refractivity (Wildman–Crippen MR) is 55.7 cm³/mol. The van der Waals surface area contributed by atoms with E-state index in [1.807, 2.05) is 4.90 Å². The zero-order chi connectivity index (χ0) is 11.5. The molecule has 1 saturated heterocycles. The molecule has 1 aromatic rings. The van der Waals surface area contributed by atoms with Gasteiger partial charge in [-0.2, -0.15) is 8.78 Å². The van der Waals surface area contributed by atoms with Crippen LogP contribution in [0.15, 0.2) is 18.3 Å². The molecule has 2 rings (SSSR count). The zero-order valence-corrected chi connectivity index (χ0v) is 8.64. The first-order chi connectivity index (χ1) is 7.65. The van der Waals surface area contributed by atoms with E-state index < -0.39 is 6.61 Å². The molecule has 1 aromatic heterocycles. The molecule has 1 fully saturated rings. The second-order valence-corrected chi connectivity index (χ2v) is 3.73. The highest BCUT2D eigenvalue weighted by atomic mass is 19.3. The Balaban J connectivity index is 2.02. The zero-order valence-electron chi connectivity index (χ0n) is 8.64. The van der Waals surface area contributed by atoms with Crippen LogP contribution in [0.5, 0.6) is 5.75 Å². The highest BCUT2D eigenvalue weighted by Gasteiger charge is 2.20. The summed E-state index contributed by atoms with van der Waals surface area (Å²) in [6.45, 7) is -1.21. The number of hydrogen-bond donors (Lipinski definition) is 1. The molecule has 2 heterocycles. The van der Waals surface area contributed by atoms with Crippen molar-refractivity contribution in [1.29, 1.82) is 0 Å². The fourth-order valence-electron chi connectivity index (χ4n) is 1.73. The molecule has 1 unspecified atom stereocenters. The van der Waals surface area contributed by atoms with Gasteiger partial charge in [0.25, 0.3) is 0 Å². The van der Waals surface area contributed by atoms with Crippen molar-refractivity contribution in [1.82, 2.24) is 4.98 Å². The molecule has 0 aromatic carbocycles. The standard InChI is InChI=1S/C10H13F2N3O/c11-10(12)16-8-1-2-9(14-5-8)15-4-3-7(13)6-15/h1-2,5,7,10H,3-4,6,13H2. The van der Waals surface area contributed by atoms with Crippen LogP contribution in [0.3, 0.4) is 0 Å². The predicted octanol–water partition coefficient (Wildman–Crippen LogP) is 1.22. The minimum Gasteiger partial charge on any atom is -0.433 e. The lowest BCUT2D eigenvalue weighted by atomic mass is 10.3. The summed E-state index contributed by atoms with van der Waals surface area (Å²) in [5.74, 6) is 0.816. The minimum atomic E-state index is -2.81. The second-order valence-electron chi connectivity index (χ2n) is 3.73. The molecular weight excluding hydrogens is 216 g/mol. The topological polar surface area (TPSA) is 51.4 Å². The number of hydrogen-bond acceptors (Lipinski definition) is 4. The average Bonchev–Trinajstić information content (AvgIpc) is 2.65. The van der Waals surface area contributed by atoms with Gasteiger partial charge in [0.15, 0.2) is 0 Å². The van der Waals surface area contributed by atoms with Crippen LogP contribution in [0.4, 0.5) is 14.6 Å². The molecular formula is C10H13F2N3O. The highest BCUT2D eigenvalue weighted by molar-refractivity contribution is 5.42. The van der Waals surface area contributed by atoms with Crippen LogP contribution < -0.4 is 15.4 Å². The van der Waals surface area contributed by atoms with Crippen LogP contribution >= 0.6 is 0 Å². The van der Waals surface area contributed by atoms with Crippen LogP contribution in [0, 0.1) is 0 Å². The van der Waals surface area contributed by atoms with E-state index in [2.05, 4.69) is 9.72 Å². The van der Waals surface area contributed by atoms with Crippen LogP contribution in [0.2, 0.25) is 0 Å². The molecule has 88 valence electrons. The van der Waals surface area contributed by atoms with Gasteiger partial charge in [-0.15, -0.1) is 0 Å². The molecule has 6 heteroatoms. The van der Waals surface area contributed by atoms with Crippen molar-refractivity contribution in [2.75, 3.05) is 18.0 Å². The molecule has 0 bridgehead atoms. The van der Waals surface area contributed by atoms with E-state index in [0.29, 0.717) is 0 Å². The van der Waals surface area contributed by atoms with Gasteiger partial charge in [0.1, 0.15) is 11.6 Å². The third-order valence-electron chi connectivity index (χ3n) is 2.49. The summed E-state index contributed by atoms with van der Waals surface area (Å²) < 4.78 is 28.0. The van der Waals surface area contributed by atoms with Crippen molar-refractivity contribution in [2.24, 2.45) is 5.73 Å². The number of ether oxygens (including phenoxy) is 1. The number of nitrogens with zero attached hydrogens (tertiary/aromatic N) is 2. The Labute approximate surface area is 92.0 Å². The van der Waals surface area contributed by atoms with E-state index >= 15 is 0 Å². The van der Waals surface area contributed by atoms with Crippen molar-refractivity contribution in [3.05, 3.63) is 18.3 Å². The molecule has 1 aliphatic rings. The monoisotopic (exact) mass is 229 g/mol. The van der Waals surface area contributed by atoms with E-state index in [9.17, 15) is 8.78 Å². The maximum Gasteiger partial charge on any atom is 0.387 e. The van der Waals surface area contributed by atoms with Crippen LogP contribution in [-0.2, 0) is 0 Å². The second kappa shape index (κ2) is 4.61. The normalized spacial score (nSPS) is 20.5. The summed E-state index contributed by atoms with van der Waals surface area (Å²) in [5, 5.41) is 0. The number of nitrogens with two attached hydrogens (primary N) is 1. The van der Waals surface area contributed by atoms with Gasteiger partial charge in [-0.05, 0) is 18.6 Å². The van der Waals surface area contributed by atoms with Crippen LogP contribution in [0.1, 0.15) is 6.42 Å². The van der Waals surface area contributed by atoms with Crippen molar-refractivity contribution < 1.29 is 13.5 Å². The van der Waals surface area contributed by atoms with Gasteiger partial charge in [0.2, 0.25) is 0 Å². The molecule has 16 heavy (non-hydrogen) atoms. The van der Waals surface area contributed by atoms with Crippen molar-refractivity contribution >= 4 is 5.82 Å². The lowest BCUT2D eigenvalue weighted by Gasteiger charge is -2.16. The summed E-state index contributed by atoms with van der Waals surface area (Å²) in [5.41, 5.74) is 5.76. The summed E-state index contributed by atoms with van der Waals surface area (Å²) in [6, 6.07) is 3.31. The van der Waals surface area contributed by atoms with Gasteiger partial charge >= 0.3 is 6.61 Å². The van der Waals surface area contributed by atoms with Gasteiger partial charge in [0, 0.05) is 19.1 Å². The number of alkyl halides is 2. The van der Waals surface area contributed by atoms with Crippen molar-refractivity contribution in [3.8, 4) is 5.75 Å². The van der Waals surface area contributed by atoms with E-state index in [4.69, 9.17) is 5.73 Å². The Hall–Kier alpha value is -1.43. The van der Waals surface area contributed by atoms with Crippen LogP contribution in [-0.4, -0.2) is 30.7 Å². The summed E-state index contributed by atoms with van der Waals surface area (Å²) in [6.07, 6.45) is 2.22. The maximum absolute atomic E-state index is 11.9. The third kappa shape index (κ3) is 2.57. The molecule has 0 saturated carbocycles. The number of halogens is 2. The number of aromatic nitrogens is 1. The summed E-state index contributed by atoms with van der Waals surface area (Å²) in [4.78, 5) is 6.08. The summed E-state index contributed by atoms with van der Waals surface area (Å²) >= 11 is 0. The Kier molecular flexibility index (Phi) is 3.19. The minimum absolute atomic E-state index is 0.0715. The Morgan fingerprint density at radius 2 is 2.31 bits per heavy atom. The van der Waals surface area contributed by atoms with Gasteiger partial charge in [0.05, 0.1) is 6.20 Å². The van der Waals surface area contributed by atoms with Gasteiger partial charge in [-0.3, -0.25) is 0 Å². The van der Waals surface area contributed by atoms with E-state index in [1.54, 1.807) is 6.07 Å². The van der Waals surface area contributed by atoms with Crippen molar-refractivity contribution in [2.45, 2.75) is 19.1 Å². The number of rotatable bonds is 3. The average molecular weight is 229 g/mol. The molecule has 0 spiro atoms. The fourth-order valence-corrected chi connectivity index (χ4v) is 1.73. The molecule has 4 nitrogen and oxygen atoms in total. The first kappa shape index (κ1) is 11.1. The fraction of sp³-hybridized carbons (Fsp3) is 0.500. The van der Waals surface area contributed by atoms with Crippen LogP contribution in [0.25, 0.3) is 0 Å². The SMILES string of the molecule is NC1CCN(c2ccc(OC(F)F)cn2)C1. The highest BCUT2D eigenvalue weighted by Crippen LogP contribution is 2.20. The first-order valence-electron chi connectivity index (χ1n) is 5.06. The Bertz CT molecular complexity index is 344. The largest absolute Gasteiger partial charge is 0.433 e. The first-order valence-corrected chi connectivity index (χ1v) is 5.06. The maximum atomic E-state index is 11.9. The quantitative estimate of drug-likeness (QED) is 0.846. The molecule has 1 aliphatic heterocycles. The van der Waals surface area contributed by atoms with E-state index in [1.165, 1.54) is 12.3 Å². The molecule has 2 N–H and O–H groups in total. The van der Waals surface area contributed by atoms with E-state index in [0.717, 1.165) is 25.3 Å².